The Labute approximate surface area is 128 Å². The Balaban J connectivity index is 2.88. The molecule has 1 aromatic rings. The van der Waals surface area contributed by atoms with Crippen LogP contribution in [0.5, 0.6) is 0 Å². The van der Waals surface area contributed by atoms with Crippen LogP contribution in [0.3, 0.4) is 0 Å². The second kappa shape index (κ2) is 7.17. The molecule has 21 heavy (non-hydrogen) atoms. The standard InChI is InChI=1S/C12H18ClN3O4S/c1-8(2)5-9(14)7-15-21(19,20)10-3-4-11(13)12(6-10)16(17)18/h3-4,6,8-9,15H,5,7,14H2,1-2H3. The Morgan fingerprint density at radius 1 is 1.43 bits per heavy atom. The number of halogens is 1. The van der Waals surface area contributed by atoms with E-state index in [1.165, 1.54) is 12.1 Å². The molecule has 0 aromatic heterocycles. The van der Waals surface area contributed by atoms with Crippen LogP contribution in [0.4, 0.5) is 5.69 Å². The van der Waals surface area contributed by atoms with Crippen LogP contribution in [0.2, 0.25) is 5.02 Å². The zero-order chi connectivity index (χ0) is 16.2. The minimum absolute atomic E-state index is 0.0664. The Hall–Kier alpha value is -1.22. The molecule has 0 saturated heterocycles. The largest absolute Gasteiger partial charge is 0.327 e. The molecule has 0 spiro atoms. The van der Waals surface area contributed by atoms with Crippen LogP contribution >= 0.6 is 11.6 Å². The van der Waals surface area contributed by atoms with E-state index in [9.17, 15) is 18.5 Å². The number of nitrogens with two attached hydrogens (primary N) is 1. The molecule has 0 radical (unpaired) electrons. The molecule has 9 heteroatoms. The molecule has 0 aliphatic carbocycles. The second-order valence-corrected chi connectivity index (χ2v) is 7.29. The third kappa shape index (κ3) is 5.24. The number of hydrogen-bond donors (Lipinski definition) is 2. The van der Waals surface area contributed by atoms with Gasteiger partial charge in [0.25, 0.3) is 5.69 Å². The molecule has 0 fully saturated rings. The summed E-state index contributed by atoms with van der Waals surface area (Å²) in [5, 5.41) is 10.7. The van der Waals surface area contributed by atoms with E-state index in [0.29, 0.717) is 12.3 Å². The van der Waals surface area contributed by atoms with Crippen molar-refractivity contribution in [3.05, 3.63) is 33.3 Å². The fourth-order valence-electron chi connectivity index (χ4n) is 1.79. The van der Waals surface area contributed by atoms with Gasteiger partial charge in [0.05, 0.1) is 9.82 Å². The molecule has 0 amide bonds. The summed E-state index contributed by atoms with van der Waals surface area (Å²) in [5.74, 6) is 0.348. The fourth-order valence-corrected chi connectivity index (χ4v) is 3.09. The first kappa shape index (κ1) is 17.8. The van der Waals surface area contributed by atoms with Gasteiger partial charge in [-0.2, -0.15) is 0 Å². The van der Waals surface area contributed by atoms with Gasteiger partial charge in [0.2, 0.25) is 10.0 Å². The van der Waals surface area contributed by atoms with Crippen molar-refractivity contribution in [3.8, 4) is 0 Å². The van der Waals surface area contributed by atoms with E-state index in [0.717, 1.165) is 6.07 Å². The zero-order valence-electron chi connectivity index (χ0n) is 11.7. The summed E-state index contributed by atoms with van der Waals surface area (Å²) in [6, 6.07) is 3.01. The van der Waals surface area contributed by atoms with Crippen molar-refractivity contribution in [3.63, 3.8) is 0 Å². The molecule has 118 valence electrons. The van der Waals surface area contributed by atoms with Crippen LogP contribution in [0.1, 0.15) is 20.3 Å². The van der Waals surface area contributed by atoms with Gasteiger partial charge >= 0.3 is 0 Å². The predicted octanol–water partition coefficient (Wildman–Crippen LogP) is 1.90. The Morgan fingerprint density at radius 3 is 2.57 bits per heavy atom. The van der Waals surface area contributed by atoms with Crippen molar-refractivity contribution >= 4 is 27.3 Å². The average molecular weight is 336 g/mol. The molecule has 7 nitrogen and oxygen atoms in total. The lowest BCUT2D eigenvalue weighted by molar-refractivity contribution is -0.384. The molecule has 3 N–H and O–H groups in total. The number of rotatable bonds is 7. The number of hydrogen-bond acceptors (Lipinski definition) is 5. The first-order valence-electron chi connectivity index (χ1n) is 6.32. The van der Waals surface area contributed by atoms with Gasteiger partial charge in [-0.3, -0.25) is 10.1 Å². The number of nitrogens with zero attached hydrogens (tertiary/aromatic N) is 1. The van der Waals surface area contributed by atoms with Crippen LogP contribution < -0.4 is 10.5 Å². The van der Waals surface area contributed by atoms with E-state index in [-0.39, 0.29) is 22.5 Å². The van der Waals surface area contributed by atoms with Crippen molar-refractivity contribution in [1.29, 1.82) is 0 Å². The number of nitro groups is 1. The van der Waals surface area contributed by atoms with Gasteiger partial charge in [-0.15, -0.1) is 0 Å². The highest BCUT2D eigenvalue weighted by Crippen LogP contribution is 2.26. The highest BCUT2D eigenvalue weighted by molar-refractivity contribution is 7.89. The highest BCUT2D eigenvalue weighted by Gasteiger charge is 2.21. The number of benzene rings is 1. The minimum Gasteiger partial charge on any atom is -0.327 e. The lowest BCUT2D eigenvalue weighted by Gasteiger charge is -2.15. The van der Waals surface area contributed by atoms with Gasteiger partial charge in [0.15, 0.2) is 0 Å². The van der Waals surface area contributed by atoms with Gasteiger partial charge < -0.3 is 5.73 Å². The van der Waals surface area contributed by atoms with Crippen molar-refractivity contribution in [2.45, 2.75) is 31.2 Å². The summed E-state index contributed by atoms with van der Waals surface area (Å²) >= 11 is 5.65. The van der Waals surface area contributed by atoms with Crippen molar-refractivity contribution in [1.82, 2.24) is 4.72 Å². The van der Waals surface area contributed by atoms with Gasteiger partial charge in [0.1, 0.15) is 5.02 Å². The predicted molar refractivity (Wildman–Crippen MR) is 80.7 cm³/mol. The highest BCUT2D eigenvalue weighted by atomic mass is 35.5. The molecule has 1 atom stereocenters. The first-order chi connectivity index (χ1) is 9.63. The number of nitro benzene ring substituents is 1. The summed E-state index contributed by atoms with van der Waals surface area (Å²) in [7, 11) is -3.86. The number of sulfonamides is 1. The Morgan fingerprint density at radius 2 is 2.05 bits per heavy atom. The van der Waals surface area contributed by atoms with Crippen LogP contribution in [0.15, 0.2) is 23.1 Å². The molecular formula is C12H18ClN3O4S. The third-order valence-electron chi connectivity index (χ3n) is 2.73. The number of nitrogens with one attached hydrogen (secondary N) is 1. The van der Waals surface area contributed by atoms with Crippen LogP contribution in [0.25, 0.3) is 0 Å². The minimum atomic E-state index is -3.86. The van der Waals surface area contributed by atoms with Crippen LogP contribution in [-0.4, -0.2) is 25.9 Å². The summed E-state index contributed by atoms with van der Waals surface area (Å²) in [6.45, 7) is 4.03. The summed E-state index contributed by atoms with van der Waals surface area (Å²) in [5.41, 5.74) is 5.35. The lowest BCUT2D eigenvalue weighted by atomic mass is 10.1. The molecule has 0 aliphatic rings. The first-order valence-corrected chi connectivity index (χ1v) is 8.18. The smallest absolute Gasteiger partial charge is 0.289 e. The van der Waals surface area contributed by atoms with Gasteiger partial charge in [-0.1, -0.05) is 25.4 Å². The van der Waals surface area contributed by atoms with Crippen molar-refractivity contribution in [2.24, 2.45) is 11.7 Å². The molecule has 1 aromatic carbocycles. The maximum Gasteiger partial charge on any atom is 0.289 e. The van der Waals surface area contributed by atoms with E-state index in [4.69, 9.17) is 17.3 Å². The summed E-state index contributed by atoms with van der Waals surface area (Å²) in [4.78, 5) is 9.83. The quantitative estimate of drug-likeness (QED) is 0.583. The Bertz CT molecular complexity index is 619. The molecule has 1 unspecified atom stereocenters. The second-order valence-electron chi connectivity index (χ2n) is 5.11. The fraction of sp³-hybridized carbons (Fsp3) is 0.500. The summed E-state index contributed by atoms with van der Waals surface area (Å²) < 4.78 is 26.5. The van der Waals surface area contributed by atoms with E-state index in [1.807, 2.05) is 13.8 Å². The lowest BCUT2D eigenvalue weighted by Crippen LogP contribution is -2.38. The van der Waals surface area contributed by atoms with E-state index < -0.39 is 20.6 Å². The third-order valence-corrected chi connectivity index (χ3v) is 4.48. The zero-order valence-corrected chi connectivity index (χ0v) is 13.3. The average Bonchev–Trinajstić information content (AvgIpc) is 2.35. The SMILES string of the molecule is CC(C)CC(N)CNS(=O)(=O)c1ccc(Cl)c([N+](=O)[O-])c1. The van der Waals surface area contributed by atoms with Crippen LogP contribution in [-0.2, 0) is 10.0 Å². The van der Waals surface area contributed by atoms with Gasteiger partial charge in [-0.25, -0.2) is 13.1 Å². The molecule has 1 rings (SSSR count). The maximum atomic E-state index is 12.1. The normalized spacial score (nSPS) is 13.4. The van der Waals surface area contributed by atoms with E-state index in [1.54, 1.807) is 0 Å². The van der Waals surface area contributed by atoms with Crippen LogP contribution in [0, 0.1) is 16.0 Å². The van der Waals surface area contributed by atoms with E-state index >= 15 is 0 Å². The summed E-state index contributed by atoms with van der Waals surface area (Å²) in [6.07, 6.45) is 0.670. The van der Waals surface area contributed by atoms with Crippen molar-refractivity contribution in [2.75, 3.05) is 6.54 Å². The molecule has 0 aliphatic heterocycles. The maximum absolute atomic E-state index is 12.1. The van der Waals surface area contributed by atoms with E-state index in [2.05, 4.69) is 4.72 Å². The topological polar surface area (TPSA) is 115 Å². The molecular weight excluding hydrogens is 318 g/mol. The molecule has 0 bridgehead atoms. The Kier molecular flexibility index (Phi) is 6.09. The monoisotopic (exact) mass is 335 g/mol. The molecule has 0 saturated carbocycles. The van der Waals surface area contributed by atoms with Gasteiger partial charge in [0, 0.05) is 18.7 Å². The van der Waals surface area contributed by atoms with Gasteiger partial charge in [-0.05, 0) is 24.5 Å². The molecule has 0 heterocycles. The van der Waals surface area contributed by atoms with Crippen molar-refractivity contribution < 1.29 is 13.3 Å².